The second kappa shape index (κ2) is 4.73. The van der Waals surface area contributed by atoms with Crippen LogP contribution < -0.4 is 5.32 Å². The molecule has 0 aromatic heterocycles. The molecule has 1 fully saturated rings. The van der Waals surface area contributed by atoms with E-state index in [0.29, 0.717) is 12.8 Å². The molecule has 0 heterocycles. The van der Waals surface area contributed by atoms with Gasteiger partial charge in [-0.05, 0) is 25.0 Å². The molecule has 2 rings (SSSR count). The number of rotatable bonds is 2. The Morgan fingerprint density at radius 1 is 1.28 bits per heavy atom. The van der Waals surface area contributed by atoms with Gasteiger partial charge in [-0.15, -0.1) is 0 Å². The van der Waals surface area contributed by atoms with E-state index in [1.807, 2.05) is 6.07 Å². The molecule has 0 atom stereocenters. The minimum absolute atomic E-state index is 0.436. The van der Waals surface area contributed by atoms with Crippen LogP contribution in [0.15, 0.2) is 18.2 Å². The number of nitrogens with one attached hydrogen (secondary N) is 1. The third kappa shape index (κ3) is 2.06. The van der Waals surface area contributed by atoms with E-state index >= 15 is 0 Å². The van der Waals surface area contributed by atoms with Crippen molar-refractivity contribution in [2.75, 3.05) is 5.32 Å². The van der Waals surface area contributed by atoms with Crippen LogP contribution in [0.25, 0.3) is 0 Å². The highest BCUT2D eigenvalue weighted by Crippen LogP contribution is 2.38. The summed E-state index contributed by atoms with van der Waals surface area (Å²) in [4.78, 5) is 12.0. The van der Waals surface area contributed by atoms with Gasteiger partial charge in [-0.25, -0.2) is 8.78 Å². The van der Waals surface area contributed by atoms with Crippen molar-refractivity contribution in [2.24, 2.45) is 5.41 Å². The van der Waals surface area contributed by atoms with Crippen molar-refractivity contribution in [1.29, 1.82) is 5.26 Å². The summed E-state index contributed by atoms with van der Waals surface area (Å²) in [7, 11) is 0. The first-order valence-corrected chi connectivity index (χ1v) is 5.76. The Balaban J connectivity index is 2.24. The first-order valence-electron chi connectivity index (χ1n) is 5.76. The number of hydrogen-bond acceptors (Lipinski definition) is 2. The lowest BCUT2D eigenvalue weighted by Crippen LogP contribution is -2.33. The van der Waals surface area contributed by atoms with E-state index in [0.717, 1.165) is 25.0 Å². The van der Waals surface area contributed by atoms with Crippen LogP contribution in [0.2, 0.25) is 0 Å². The van der Waals surface area contributed by atoms with Gasteiger partial charge in [0.05, 0.1) is 6.07 Å². The van der Waals surface area contributed by atoms with E-state index in [1.165, 1.54) is 6.07 Å². The standard InChI is InChI=1S/C13H12F2N2O/c14-9-4-3-5-10(15)11(9)17-12(18)13(8-16)6-1-2-7-13/h3-5H,1-2,6-7H2,(H,17,18). The van der Waals surface area contributed by atoms with Gasteiger partial charge in [0.1, 0.15) is 22.7 Å². The predicted octanol–water partition coefficient (Wildman–Crippen LogP) is 2.99. The average Bonchev–Trinajstić information content (AvgIpc) is 2.84. The van der Waals surface area contributed by atoms with Gasteiger partial charge in [-0.1, -0.05) is 18.9 Å². The fourth-order valence-electron chi connectivity index (χ4n) is 2.22. The number of para-hydroxylation sites is 1. The maximum Gasteiger partial charge on any atom is 0.245 e. The van der Waals surface area contributed by atoms with Crippen LogP contribution in [0.4, 0.5) is 14.5 Å². The molecule has 94 valence electrons. The van der Waals surface area contributed by atoms with Crippen LogP contribution >= 0.6 is 0 Å². The number of carbonyl (C=O) groups excluding carboxylic acids is 1. The van der Waals surface area contributed by atoms with Crippen LogP contribution in [0, 0.1) is 28.4 Å². The zero-order valence-electron chi connectivity index (χ0n) is 9.67. The molecule has 0 saturated heterocycles. The minimum Gasteiger partial charge on any atom is -0.320 e. The number of nitrogens with zero attached hydrogens (tertiary/aromatic N) is 1. The summed E-state index contributed by atoms with van der Waals surface area (Å²) in [5.74, 6) is -2.30. The zero-order chi connectivity index (χ0) is 13.2. The predicted molar refractivity (Wildman–Crippen MR) is 61.5 cm³/mol. The maximum atomic E-state index is 13.4. The van der Waals surface area contributed by atoms with Gasteiger partial charge >= 0.3 is 0 Å². The number of hydrogen-bond donors (Lipinski definition) is 1. The third-order valence-electron chi connectivity index (χ3n) is 3.31. The second-order valence-corrected chi connectivity index (χ2v) is 4.45. The van der Waals surface area contributed by atoms with Crippen molar-refractivity contribution in [2.45, 2.75) is 25.7 Å². The van der Waals surface area contributed by atoms with Crippen LogP contribution in [0.1, 0.15) is 25.7 Å². The molecule has 3 nitrogen and oxygen atoms in total. The highest BCUT2D eigenvalue weighted by atomic mass is 19.1. The Bertz CT molecular complexity index is 496. The molecule has 0 bridgehead atoms. The molecule has 0 radical (unpaired) electrons. The Hall–Kier alpha value is -1.96. The van der Waals surface area contributed by atoms with Gasteiger partial charge < -0.3 is 5.32 Å². The molecule has 1 N–H and O–H groups in total. The van der Waals surface area contributed by atoms with E-state index < -0.39 is 28.6 Å². The largest absolute Gasteiger partial charge is 0.320 e. The highest BCUT2D eigenvalue weighted by Gasteiger charge is 2.42. The normalized spacial score (nSPS) is 17.2. The quantitative estimate of drug-likeness (QED) is 0.877. The van der Waals surface area contributed by atoms with Crippen molar-refractivity contribution < 1.29 is 13.6 Å². The lowest BCUT2D eigenvalue weighted by Gasteiger charge is -2.19. The molecule has 1 saturated carbocycles. The fraction of sp³-hybridized carbons (Fsp3) is 0.385. The summed E-state index contributed by atoms with van der Waals surface area (Å²) in [5.41, 5.74) is -1.63. The van der Waals surface area contributed by atoms with Gasteiger partial charge in [0, 0.05) is 0 Å². The molecule has 1 aliphatic carbocycles. The lowest BCUT2D eigenvalue weighted by atomic mass is 9.87. The SMILES string of the molecule is N#CC1(C(=O)Nc2c(F)cccc2F)CCCC1. The summed E-state index contributed by atoms with van der Waals surface area (Å²) in [5, 5.41) is 11.3. The Kier molecular flexibility index (Phi) is 3.28. The summed E-state index contributed by atoms with van der Waals surface area (Å²) < 4.78 is 26.8. The molecule has 1 amide bonds. The molecule has 1 aliphatic rings. The number of nitriles is 1. The van der Waals surface area contributed by atoms with Crippen molar-refractivity contribution in [3.05, 3.63) is 29.8 Å². The van der Waals surface area contributed by atoms with E-state index in [1.54, 1.807) is 0 Å². The summed E-state index contributed by atoms with van der Waals surface area (Å²) in [6.07, 6.45) is 2.43. The number of benzene rings is 1. The van der Waals surface area contributed by atoms with E-state index in [-0.39, 0.29) is 0 Å². The van der Waals surface area contributed by atoms with Crippen LogP contribution in [-0.4, -0.2) is 5.91 Å². The molecule has 1 aromatic carbocycles. The Labute approximate surface area is 103 Å². The number of anilines is 1. The first kappa shape index (κ1) is 12.5. The Morgan fingerprint density at radius 2 is 1.83 bits per heavy atom. The van der Waals surface area contributed by atoms with Gasteiger partial charge in [0.25, 0.3) is 0 Å². The van der Waals surface area contributed by atoms with Crippen LogP contribution in [0.3, 0.4) is 0 Å². The summed E-state index contributed by atoms with van der Waals surface area (Å²) >= 11 is 0. The number of carbonyl (C=O) groups is 1. The summed E-state index contributed by atoms with van der Waals surface area (Å²) in [6.45, 7) is 0. The third-order valence-corrected chi connectivity index (χ3v) is 3.31. The monoisotopic (exact) mass is 250 g/mol. The smallest absolute Gasteiger partial charge is 0.245 e. The molecule has 1 aromatic rings. The van der Waals surface area contributed by atoms with Crippen molar-refractivity contribution in [1.82, 2.24) is 0 Å². The molecule has 0 spiro atoms. The highest BCUT2D eigenvalue weighted by molar-refractivity contribution is 5.97. The average molecular weight is 250 g/mol. The van der Waals surface area contributed by atoms with Crippen molar-refractivity contribution in [3.63, 3.8) is 0 Å². The minimum atomic E-state index is -1.14. The number of amides is 1. The Morgan fingerprint density at radius 3 is 2.33 bits per heavy atom. The fourth-order valence-corrected chi connectivity index (χ4v) is 2.22. The van der Waals surface area contributed by atoms with Crippen molar-refractivity contribution >= 4 is 11.6 Å². The topological polar surface area (TPSA) is 52.9 Å². The molecular weight excluding hydrogens is 238 g/mol. The van der Waals surface area contributed by atoms with E-state index in [9.17, 15) is 13.6 Å². The molecule has 18 heavy (non-hydrogen) atoms. The van der Waals surface area contributed by atoms with Gasteiger partial charge in [-0.3, -0.25) is 4.79 Å². The van der Waals surface area contributed by atoms with E-state index in [4.69, 9.17) is 5.26 Å². The van der Waals surface area contributed by atoms with Gasteiger partial charge in [0.15, 0.2) is 0 Å². The molecule has 0 unspecified atom stereocenters. The number of halogens is 2. The van der Waals surface area contributed by atoms with Crippen LogP contribution in [-0.2, 0) is 4.79 Å². The molecule has 5 heteroatoms. The second-order valence-electron chi connectivity index (χ2n) is 4.45. The van der Waals surface area contributed by atoms with Crippen LogP contribution in [0.5, 0.6) is 0 Å². The molecular formula is C13H12F2N2O. The lowest BCUT2D eigenvalue weighted by molar-refractivity contribution is -0.122. The van der Waals surface area contributed by atoms with E-state index in [2.05, 4.69) is 5.32 Å². The van der Waals surface area contributed by atoms with Crippen molar-refractivity contribution in [3.8, 4) is 6.07 Å². The van der Waals surface area contributed by atoms with Gasteiger partial charge in [0.2, 0.25) is 5.91 Å². The summed E-state index contributed by atoms with van der Waals surface area (Å²) in [6, 6.07) is 5.32. The van der Waals surface area contributed by atoms with Gasteiger partial charge in [-0.2, -0.15) is 5.26 Å². The molecule has 0 aliphatic heterocycles. The maximum absolute atomic E-state index is 13.4. The first-order chi connectivity index (χ1) is 8.59. The zero-order valence-corrected chi connectivity index (χ0v) is 9.67.